The zero-order valence-electron chi connectivity index (χ0n) is 14.6. The molecule has 25 heavy (non-hydrogen) atoms. The lowest BCUT2D eigenvalue weighted by Gasteiger charge is -2.21. The van der Waals surface area contributed by atoms with Crippen LogP contribution in [-0.4, -0.2) is 54.1 Å². The minimum atomic E-state index is -4.48. The van der Waals surface area contributed by atoms with Crippen LogP contribution in [0.15, 0.2) is 29.9 Å². The number of hydrogen-bond donors (Lipinski definition) is 2. The predicted octanol–water partition coefficient (Wildman–Crippen LogP) is 2.77. The summed E-state index contributed by atoms with van der Waals surface area (Å²) in [6, 6.07) is 0.838. The topological polar surface area (TPSA) is 65.4 Å². The SMILES string of the molecule is C=CCCCN(C)C(=NCCNc1nccc(C(F)(F)F)n1)NCC. The lowest BCUT2D eigenvalue weighted by molar-refractivity contribution is -0.141. The smallest absolute Gasteiger partial charge is 0.357 e. The van der Waals surface area contributed by atoms with Crippen LogP contribution in [0.4, 0.5) is 19.1 Å². The molecule has 0 fully saturated rings. The third-order valence-corrected chi connectivity index (χ3v) is 3.20. The van der Waals surface area contributed by atoms with E-state index in [9.17, 15) is 13.2 Å². The van der Waals surface area contributed by atoms with E-state index in [-0.39, 0.29) is 5.95 Å². The monoisotopic (exact) mass is 358 g/mol. The van der Waals surface area contributed by atoms with Crippen LogP contribution in [-0.2, 0) is 6.18 Å². The van der Waals surface area contributed by atoms with E-state index in [0.717, 1.165) is 44.2 Å². The Balaban J connectivity index is 2.54. The molecule has 0 atom stereocenters. The fourth-order valence-electron chi connectivity index (χ4n) is 1.98. The third-order valence-electron chi connectivity index (χ3n) is 3.20. The molecule has 0 aliphatic rings. The second-order valence-corrected chi connectivity index (χ2v) is 5.28. The molecule has 2 N–H and O–H groups in total. The van der Waals surface area contributed by atoms with Gasteiger partial charge in [-0.15, -0.1) is 6.58 Å². The molecule has 0 radical (unpaired) electrons. The quantitative estimate of drug-likeness (QED) is 0.308. The van der Waals surface area contributed by atoms with E-state index in [4.69, 9.17) is 0 Å². The van der Waals surface area contributed by atoms with Gasteiger partial charge >= 0.3 is 6.18 Å². The molecular formula is C16H25F3N6. The van der Waals surface area contributed by atoms with Gasteiger partial charge in [-0.25, -0.2) is 9.97 Å². The summed E-state index contributed by atoms with van der Waals surface area (Å²) in [6.45, 7) is 7.95. The number of nitrogens with zero attached hydrogens (tertiary/aromatic N) is 4. The van der Waals surface area contributed by atoms with Gasteiger partial charge in [0.05, 0.1) is 6.54 Å². The van der Waals surface area contributed by atoms with Crippen molar-refractivity contribution in [2.75, 3.05) is 38.5 Å². The average Bonchev–Trinajstić information content (AvgIpc) is 2.57. The van der Waals surface area contributed by atoms with Crippen molar-refractivity contribution in [2.45, 2.75) is 25.9 Å². The number of nitrogens with one attached hydrogen (secondary N) is 2. The van der Waals surface area contributed by atoms with Gasteiger partial charge in [0.1, 0.15) is 5.69 Å². The van der Waals surface area contributed by atoms with Crippen molar-refractivity contribution >= 4 is 11.9 Å². The molecule has 0 amide bonds. The van der Waals surface area contributed by atoms with E-state index in [1.54, 1.807) is 0 Å². The van der Waals surface area contributed by atoms with E-state index in [1.165, 1.54) is 0 Å². The number of halogens is 3. The fraction of sp³-hybridized carbons (Fsp3) is 0.562. The molecule has 1 aromatic heterocycles. The van der Waals surface area contributed by atoms with Crippen LogP contribution in [0, 0.1) is 0 Å². The first-order valence-corrected chi connectivity index (χ1v) is 8.13. The van der Waals surface area contributed by atoms with Gasteiger partial charge in [-0.1, -0.05) is 6.08 Å². The summed E-state index contributed by atoms with van der Waals surface area (Å²) in [4.78, 5) is 13.7. The van der Waals surface area contributed by atoms with E-state index in [1.807, 2.05) is 24.9 Å². The van der Waals surface area contributed by atoms with Crippen molar-refractivity contribution in [3.05, 3.63) is 30.6 Å². The normalized spacial score (nSPS) is 12.0. The largest absolute Gasteiger partial charge is 0.433 e. The second kappa shape index (κ2) is 10.5. The second-order valence-electron chi connectivity index (χ2n) is 5.28. The molecule has 0 aliphatic heterocycles. The maximum atomic E-state index is 12.6. The van der Waals surface area contributed by atoms with Gasteiger partial charge in [0.15, 0.2) is 5.96 Å². The van der Waals surface area contributed by atoms with Crippen LogP contribution in [0.25, 0.3) is 0 Å². The fourth-order valence-corrected chi connectivity index (χ4v) is 1.98. The minimum absolute atomic E-state index is 0.0608. The van der Waals surface area contributed by atoms with Crippen molar-refractivity contribution in [3.8, 4) is 0 Å². The molecule has 9 heteroatoms. The van der Waals surface area contributed by atoms with Crippen LogP contribution in [0.5, 0.6) is 0 Å². The molecule has 0 aromatic carbocycles. The molecule has 6 nitrogen and oxygen atoms in total. The highest BCUT2D eigenvalue weighted by Crippen LogP contribution is 2.27. The summed E-state index contributed by atoms with van der Waals surface area (Å²) in [7, 11) is 1.94. The van der Waals surface area contributed by atoms with Gasteiger partial charge in [0.25, 0.3) is 0 Å². The summed E-state index contributed by atoms with van der Waals surface area (Å²) < 4.78 is 37.8. The summed E-state index contributed by atoms with van der Waals surface area (Å²) >= 11 is 0. The first-order chi connectivity index (χ1) is 11.9. The molecule has 0 saturated heterocycles. The minimum Gasteiger partial charge on any atom is -0.357 e. The van der Waals surface area contributed by atoms with Gasteiger partial charge in [-0.2, -0.15) is 13.2 Å². The number of unbranched alkanes of at least 4 members (excludes halogenated alkanes) is 1. The number of guanidine groups is 1. The zero-order valence-corrected chi connectivity index (χ0v) is 14.6. The average molecular weight is 358 g/mol. The maximum absolute atomic E-state index is 12.6. The lowest BCUT2D eigenvalue weighted by atomic mass is 10.3. The first-order valence-electron chi connectivity index (χ1n) is 8.13. The Labute approximate surface area is 146 Å². The number of rotatable bonds is 9. The Hall–Kier alpha value is -2.32. The van der Waals surface area contributed by atoms with Gasteiger partial charge in [-0.3, -0.25) is 4.99 Å². The number of hydrogen-bond acceptors (Lipinski definition) is 4. The number of aliphatic imine (C=N–C) groups is 1. The molecule has 1 aromatic rings. The Kier molecular flexibility index (Phi) is 8.73. The molecule has 1 heterocycles. The van der Waals surface area contributed by atoms with Crippen LogP contribution >= 0.6 is 0 Å². The molecule has 140 valence electrons. The van der Waals surface area contributed by atoms with E-state index < -0.39 is 11.9 Å². The Morgan fingerprint density at radius 1 is 1.44 bits per heavy atom. The van der Waals surface area contributed by atoms with Crippen molar-refractivity contribution in [2.24, 2.45) is 4.99 Å². The van der Waals surface area contributed by atoms with Crippen molar-refractivity contribution in [3.63, 3.8) is 0 Å². The van der Waals surface area contributed by atoms with Crippen LogP contribution in [0.2, 0.25) is 0 Å². The molecular weight excluding hydrogens is 333 g/mol. The number of alkyl halides is 3. The third kappa shape index (κ3) is 7.86. The maximum Gasteiger partial charge on any atom is 0.433 e. The lowest BCUT2D eigenvalue weighted by Crippen LogP contribution is -2.39. The standard InChI is InChI=1S/C16H25F3N6/c1-4-6-7-12-25(3)15(20-5-2)23-11-10-22-14-21-9-8-13(24-14)16(17,18)19/h4,8-9H,1,5-7,10-12H2,2-3H3,(H,20,23)(H,21,22,24). The molecule has 0 saturated carbocycles. The van der Waals surface area contributed by atoms with Gasteiger partial charge in [0.2, 0.25) is 5.95 Å². The number of anilines is 1. The molecule has 1 rings (SSSR count). The van der Waals surface area contributed by atoms with Crippen LogP contribution in [0.1, 0.15) is 25.5 Å². The highest BCUT2D eigenvalue weighted by molar-refractivity contribution is 5.79. The number of allylic oxidation sites excluding steroid dienone is 1. The molecule has 0 aliphatic carbocycles. The highest BCUT2D eigenvalue weighted by atomic mass is 19.4. The summed E-state index contributed by atoms with van der Waals surface area (Å²) in [5.41, 5.74) is -0.969. The van der Waals surface area contributed by atoms with E-state index >= 15 is 0 Å². The van der Waals surface area contributed by atoms with Crippen molar-refractivity contribution < 1.29 is 13.2 Å². The summed E-state index contributed by atoms with van der Waals surface area (Å²) in [6.07, 6.45) is 0.374. The molecule has 0 unspecified atom stereocenters. The summed E-state index contributed by atoms with van der Waals surface area (Å²) in [5.74, 6) is 0.688. The Morgan fingerprint density at radius 3 is 2.84 bits per heavy atom. The first kappa shape index (κ1) is 20.7. The van der Waals surface area contributed by atoms with Gasteiger partial charge < -0.3 is 15.5 Å². The Morgan fingerprint density at radius 2 is 2.20 bits per heavy atom. The van der Waals surface area contributed by atoms with Gasteiger partial charge in [0, 0.05) is 32.9 Å². The molecule has 0 spiro atoms. The van der Waals surface area contributed by atoms with E-state index in [0.29, 0.717) is 13.1 Å². The zero-order chi connectivity index (χ0) is 18.7. The van der Waals surface area contributed by atoms with Crippen LogP contribution in [0.3, 0.4) is 0 Å². The summed E-state index contributed by atoms with van der Waals surface area (Å²) in [5, 5.41) is 5.94. The van der Waals surface area contributed by atoms with E-state index in [2.05, 4.69) is 32.2 Å². The van der Waals surface area contributed by atoms with Crippen molar-refractivity contribution in [1.82, 2.24) is 20.2 Å². The van der Waals surface area contributed by atoms with Gasteiger partial charge in [-0.05, 0) is 25.8 Å². The number of aromatic nitrogens is 2. The Bertz CT molecular complexity index is 559. The molecule has 0 bridgehead atoms. The van der Waals surface area contributed by atoms with Crippen LogP contribution < -0.4 is 10.6 Å². The highest BCUT2D eigenvalue weighted by Gasteiger charge is 2.32. The predicted molar refractivity (Wildman–Crippen MR) is 93.6 cm³/mol. The van der Waals surface area contributed by atoms with Crippen molar-refractivity contribution in [1.29, 1.82) is 0 Å².